The number of nitrogens with one attached hydrogen (secondary N) is 2. The van der Waals surface area contributed by atoms with Gasteiger partial charge in [0.2, 0.25) is 5.91 Å². The number of hydrogen-bond donors (Lipinski definition) is 2. The minimum Gasteiger partial charge on any atom is -0.408 e. The molecule has 0 saturated heterocycles. The van der Waals surface area contributed by atoms with Crippen molar-refractivity contribution in [1.29, 1.82) is 0 Å². The number of benzene rings is 2. The van der Waals surface area contributed by atoms with E-state index in [4.69, 9.17) is 16.0 Å². The first-order valence-electron chi connectivity index (χ1n) is 7.73. The Labute approximate surface area is 143 Å². The molecule has 0 bridgehead atoms. The Hall–Kier alpha value is -2.53. The molecule has 5 nitrogen and oxygen atoms in total. The smallest absolute Gasteiger partial charge is 0.408 e. The first-order valence-corrected chi connectivity index (χ1v) is 8.11. The fraction of sp³-hybridized carbons (Fsp3) is 0.222. The number of amides is 1. The van der Waals surface area contributed by atoms with Gasteiger partial charge >= 0.3 is 5.76 Å². The van der Waals surface area contributed by atoms with Crippen molar-refractivity contribution in [2.75, 3.05) is 6.54 Å². The molecule has 24 heavy (non-hydrogen) atoms. The van der Waals surface area contributed by atoms with Crippen LogP contribution in [0.1, 0.15) is 17.5 Å². The van der Waals surface area contributed by atoms with Gasteiger partial charge in [-0.1, -0.05) is 29.8 Å². The number of aromatic amines is 1. The van der Waals surface area contributed by atoms with E-state index < -0.39 is 5.76 Å². The molecule has 124 valence electrons. The van der Waals surface area contributed by atoms with Gasteiger partial charge in [-0.05, 0) is 48.2 Å². The number of rotatable bonds is 6. The van der Waals surface area contributed by atoms with Crippen LogP contribution in [0.4, 0.5) is 0 Å². The van der Waals surface area contributed by atoms with E-state index in [0.717, 1.165) is 17.5 Å². The predicted molar refractivity (Wildman–Crippen MR) is 93.3 cm³/mol. The highest BCUT2D eigenvalue weighted by Gasteiger charge is 2.05. The highest BCUT2D eigenvalue weighted by molar-refractivity contribution is 6.30. The summed E-state index contributed by atoms with van der Waals surface area (Å²) in [7, 11) is 0. The van der Waals surface area contributed by atoms with Crippen molar-refractivity contribution in [3.63, 3.8) is 0 Å². The molecule has 0 radical (unpaired) electrons. The Morgan fingerprint density at radius 1 is 1.08 bits per heavy atom. The van der Waals surface area contributed by atoms with Crippen LogP contribution in [0.5, 0.6) is 0 Å². The van der Waals surface area contributed by atoms with Crippen LogP contribution in [0.25, 0.3) is 11.1 Å². The fourth-order valence-corrected chi connectivity index (χ4v) is 2.62. The zero-order chi connectivity index (χ0) is 16.9. The van der Waals surface area contributed by atoms with Crippen LogP contribution in [0.3, 0.4) is 0 Å². The Bertz CT molecular complexity index is 897. The largest absolute Gasteiger partial charge is 0.417 e. The van der Waals surface area contributed by atoms with Crippen molar-refractivity contribution >= 4 is 28.6 Å². The van der Waals surface area contributed by atoms with Gasteiger partial charge in [0.1, 0.15) is 0 Å². The second-order valence-electron chi connectivity index (χ2n) is 5.57. The van der Waals surface area contributed by atoms with E-state index in [1.54, 1.807) is 6.07 Å². The maximum Gasteiger partial charge on any atom is 0.417 e. The van der Waals surface area contributed by atoms with Crippen LogP contribution in [0.2, 0.25) is 5.02 Å². The van der Waals surface area contributed by atoms with Gasteiger partial charge in [0.15, 0.2) is 5.58 Å². The van der Waals surface area contributed by atoms with Crippen molar-refractivity contribution in [1.82, 2.24) is 10.3 Å². The quantitative estimate of drug-likeness (QED) is 0.721. The molecule has 3 rings (SSSR count). The Morgan fingerprint density at radius 3 is 2.62 bits per heavy atom. The summed E-state index contributed by atoms with van der Waals surface area (Å²) < 4.78 is 4.95. The molecule has 0 atom stereocenters. The first kappa shape index (κ1) is 16.3. The van der Waals surface area contributed by atoms with Gasteiger partial charge in [-0.3, -0.25) is 9.78 Å². The molecular formula is C18H17ClN2O3. The average molecular weight is 345 g/mol. The molecule has 0 spiro atoms. The lowest BCUT2D eigenvalue weighted by Gasteiger charge is -2.06. The molecule has 0 aliphatic carbocycles. The summed E-state index contributed by atoms with van der Waals surface area (Å²) in [6.45, 7) is 0.592. The lowest BCUT2D eigenvalue weighted by Crippen LogP contribution is -2.25. The second-order valence-corrected chi connectivity index (χ2v) is 6.01. The SMILES string of the molecule is O=C(CCc1ccc2oc(=O)[nH]c2c1)NCCc1ccc(Cl)cc1. The molecule has 0 unspecified atom stereocenters. The standard InChI is InChI=1S/C18H17ClN2O3/c19-14-5-1-12(2-6-14)9-10-20-17(22)8-4-13-3-7-16-15(11-13)21-18(23)24-16/h1-3,5-7,11H,4,8-10H2,(H,20,22)(H,21,23). The van der Waals surface area contributed by atoms with E-state index in [2.05, 4.69) is 10.3 Å². The maximum atomic E-state index is 11.9. The van der Waals surface area contributed by atoms with Crippen molar-refractivity contribution in [2.45, 2.75) is 19.3 Å². The van der Waals surface area contributed by atoms with Crippen molar-refractivity contribution < 1.29 is 9.21 Å². The maximum absolute atomic E-state index is 11.9. The Balaban J connectivity index is 1.46. The number of oxazole rings is 1. The van der Waals surface area contributed by atoms with Gasteiger partial charge in [0.25, 0.3) is 0 Å². The zero-order valence-corrected chi connectivity index (χ0v) is 13.7. The van der Waals surface area contributed by atoms with Crippen LogP contribution >= 0.6 is 11.6 Å². The number of halogens is 1. The third-order valence-corrected chi connectivity index (χ3v) is 4.03. The van der Waals surface area contributed by atoms with Crippen LogP contribution in [0, 0.1) is 0 Å². The minimum atomic E-state index is -0.470. The Morgan fingerprint density at radius 2 is 1.83 bits per heavy atom. The number of hydrogen-bond acceptors (Lipinski definition) is 3. The zero-order valence-electron chi connectivity index (χ0n) is 13.0. The van der Waals surface area contributed by atoms with E-state index in [1.807, 2.05) is 36.4 Å². The van der Waals surface area contributed by atoms with E-state index in [1.165, 1.54) is 0 Å². The van der Waals surface area contributed by atoms with E-state index in [0.29, 0.717) is 35.5 Å². The van der Waals surface area contributed by atoms with Crippen molar-refractivity contribution in [3.8, 4) is 0 Å². The number of H-pyrrole nitrogens is 1. The van der Waals surface area contributed by atoms with Crippen molar-refractivity contribution in [2.24, 2.45) is 0 Å². The number of carbonyl (C=O) groups is 1. The summed E-state index contributed by atoms with van der Waals surface area (Å²) in [5, 5.41) is 3.62. The summed E-state index contributed by atoms with van der Waals surface area (Å²) in [5.74, 6) is -0.466. The highest BCUT2D eigenvalue weighted by atomic mass is 35.5. The minimum absolute atomic E-state index is 0.00440. The Kier molecular flexibility index (Phi) is 5.01. The van der Waals surface area contributed by atoms with E-state index in [9.17, 15) is 9.59 Å². The molecule has 2 N–H and O–H groups in total. The second kappa shape index (κ2) is 7.36. The molecule has 3 aromatic rings. The number of aryl methyl sites for hydroxylation is 1. The van der Waals surface area contributed by atoms with E-state index in [-0.39, 0.29) is 5.91 Å². The monoisotopic (exact) mass is 344 g/mol. The lowest BCUT2D eigenvalue weighted by atomic mass is 10.1. The van der Waals surface area contributed by atoms with Gasteiger partial charge in [0, 0.05) is 18.0 Å². The summed E-state index contributed by atoms with van der Waals surface area (Å²) in [4.78, 5) is 25.7. The molecule has 1 amide bonds. The predicted octanol–water partition coefficient (Wildman–Crippen LogP) is 3.07. The lowest BCUT2D eigenvalue weighted by molar-refractivity contribution is -0.121. The molecule has 1 aromatic heterocycles. The summed E-state index contributed by atoms with van der Waals surface area (Å²) in [5.41, 5.74) is 3.29. The van der Waals surface area contributed by atoms with E-state index >= 15 is 0 Å². The average Bonchev–Trinajstić information content (AvgIpc) is 2.94. The van der Waals surface area contributed by atoms with Crippen molar-refractivity contribution in [3.05, 3.63) is 69.2 Å². The number of carbonyl (C=O) groups excluding carboxylic acids is 1. The fourth-order valence-electron chi connectivity index (χ4n) is 2.50. The molecule has 0 fully saturated rings. The summed E-state index contributed by atoms with van der Waals surface area (Å²) in [6.07, 6.45) is 1.77. The van der Waals surface area contributed by atoms with Crippen LogP contribution in [-0.2, 0) is 17.6 Å². The van der Waals surface area contributed by atoms with Crippen LogP contribution in [0.15, 0.2) is 51.7 Å². The van der Waals surface area contributed by atoms with Gasteiger partial charge in [0.05, 0.1) is 5.52 Å². The normalized spacial score (nSPS) is 10.9. The third-order valence-electron chi connectivity index (χ3n) is 3.77. The molecule has 0 aliphatic rings. The molecule has 6 heteroatoms. The topological polar surface area (TPSA) is 75.1 Å². The number of aromatic nitrogens is 1. The van der Waals surface area contributed by atoms with Gasteiger partial charge < -0.3 is 9.73 Å². The summed E-state index contributed by atoms with van der Waals surface area (Å²) in [6, 6.07) is 13.0. The number of fused-ring (bicyclic) bond motifs is 1. The molecule has 0 aliphatic heterocycles. The van der Waals surface area contributed by atoms with Gasteiger partial charge in [-0.2, -0.15) is 0 Å². The molecule has 1 heterocycles. The van der Waals surface area contributed by atoms with Gasteiger partial charge in [-0.15, -0.1) is 0 Å². The third kappa shape index (κ3) is 4.26. The van der Waals surface area contributed by atoms with Gasteiger partial charge in [-0.25, -0.2) is 4.79 Å². The molecular weight excluding hydrogens is 328 g/mol. The summed E-state index contributed by atoms with van der Waals surface area (Å²) >= 11 is 5.84. The molecule has 2 aromatic carbocycles. The molecule has 0 saturated carbocycles. The first-order chi connectivity index (χ1) is 11.6. The van der Waals surface area contributed by atoms with Crippen LogP contribution in [-0.4, -0.2) is 17.4 Å². The highest BCUT2D eigenvalue weighted by Crippen LogP contribution is 2.13. The van der Waals surface area contributed by atoms with Crippen LogP contribution < -0.4 is 11.1 Å².